The molecular formula is C8H16N2O2P. The average Bonchev–Trinajstić information content (AvgIpc) is 2.78. The van der Waals surface area contributed by atoms with Gasteiger partial charge in [0.05, 0.1) is 0 Å². The molecule has 1 radical (unpaired) electrons. The standard InChI is InChI=1S/C8H16N2O2P/c11-13(12,9-5-1-2-6-9)10-7-3-4-8-10/h1-8H2. The molecule has 2 fully saturated rings. The van der Waals surface area contributed by atoms with E-state index in [0.29, 0.717) is 0 Å². The third-order valence-corrected chi connectivity index (χ3v) is 5.11. The summed E-state index contributed by atoms with van der Waals surface area (Å²) in [6.07, 6.45) is 4.11. The SMILES string of the molecule is [O]P(=O)(N1CCCC1)N1CCCC1. The first kappa shape index (κ1) is 9.66. The lowest BCUT2D eigenvalue weighted by Gasteiger charge is -2.27. The molecule has 0 aromatic rings. The Morgan fingerprint density at radius 1 is 0.769 bits per heavy atom. The van der Waals surface area contributed by atoms with Crippen molar-refractivity contribution in [3.05, 3.63) is 0 Å². The second-order valence-corrected chi connectivity index (χ2v) is 5.92. The normalized spacial score (nSPS) is 27.2. The molecule has 13 heavy (non-hydrogen) atoms. The summed E-state index contributed by atoms with van der Waals surface area (Å²) >= 11 is 0. The number of hydrogen-bond acceptors (Lipinski definition) is 1. The molecule has 0 bridgehead atoms. The Labute approximate surface area is 79.1 Å². The summed E-state index contributed by atoms with van der Waals surface area (Å²) in [7, 11) is -3.37. The fourth-order valence-electron chi connectivity index (χ4n) is 2.09. The summed E-state index contributed by atoms with van der Waals surface area (Å²) in [5, 5.41) is 0. The molecule has 0 amide bonds. The fourth-order valence-corrected chi connectivity index (χ4v) is 4.02. The predicted octanol–water partition coefficient (Wildman–Crippen LogP) is 1.72. The van der Waals surface area contributed by atoms with Crippen LogP contribution >= 0.6 is 7.67 Å². The minimum atomic E-state index is -3.37. The zero-order chi connectivity index (χ0) is 9.31. The Morgan fingerprint density at radius 3 is 1.38 bits per heavy atom. The molecule has 0 N–H and O–H groups in total. The van der Waals surface area contributed by atoms with Crippen LogP contribution in [0.1, 0.15) is 25.7 Å². The van der Waals surface area contributed by atoms with Crippen molar-refractivity contribution in [1.82, 2.24) is 9.34 Å². The summed E-state index contributed by atoms with van der Waals surface area (Å²) in [4.78, 5) is 11.9. The molecule has 0 spiro atoms. The zero-order valence-electron chi connectivity index (χ0n) is 7.81. The van der Waals surface area contributed by atoms with Crippen LogP contribution in [-0.2, 0) is 9.46 Å². The van der Waals surface area contributed by atoms with Crippen molar-refractivity contribution >= 4 is 7.67 Å². The molecular weight excluding hydrogens is 187 g/mol. The summed E-state index contributed by atoms with van der Waals surface area (Å²) in [6, 6.07) is 0. The van der Waals surface area contributed by atoms with Crippen LogP contribution in [-0.4, -0.2) is 35.5 Å². The lowest BCUT2D eigenvalue weighted by molar-refractivity contribution is 0.269. The predicted molar refractivity (Wildman–Crippen MR) is 49.9 cm³/mol. The van der Waals surface area contributed by atoms with Gasteiger partial charge in [-0.3, -0.25) is 4.57 Å². The first-order chi connectivity index (χ1) is 6.21. The third kappa shape index (κ3) is 1.82. The van der Waals surface area contributed by atoms with Crippen LogP contribution in [0.4, 0.5) is 0 Å². The van der Waals surface area contributed by atoms with E-state index in [1.165, 1.54) is 0 Å². The molecule has 4 nitrogen and oxygen atoms in total. The highest BCUT2D eigenvalue weighted by Gasteiger charge is 2.39. The van der Waals surface area contributed by atoms with E-state index < -0.39 is 7.67 Å². The van der Waals surface area contributed by atoms with E-state index in [1.54, 1.807) is 9.34 Å². The Balaban J connectivity index is 2.04. The maximum absolute atomic E-state index is 11.9. The summed E-state index contributed by atoms with van der Waals surface area (Å²) < 4.78 is 15.2. The van der Waals surface area contributed by atoms with Gasteiger partial charge in [-0.2, -0.15) is 0 Å². The van der Waals surface area contributed by atoms with Gasteiger partial charge in [-0.1, -0.05) is 0 Å². The van der Waals surface area contributed by atoms with Gasteiger partial charge in [0.25, 0.3) is 0 Å². The van der Waals surface area contributed by atoms with Crippen LogP contribution in [0.25, 0.3) is 0 Å². The van der Waals surface area contributed by atoms with Crippen molar-refractivity contribution in [3.8, 4) is 0 Å². The highest BCUT2D eigenvalue weighted by molar-refractivity contribution is 7.52. The molecule has 0 atom stereocenters. The highest BCUT2D eigenvalue weighted by atomic mass is 31.2. The lowest BCUT2D eigenvalue weighted by Crippen LogP contribution is -2.27. The van der Waals surface area contributed by atoms with Gasteiger partial charge in [0.15, 0.2) is 0 Å². The van der Waals surface area contributed by atoms with Gasteiger partial charge in [-0.25, -0.2) is 9.34 Å². The van der Waals surface area contributed by atoms with E-state index >= 15 is 0 Å². The molecule has 0 unspecified atom stereocenters. The van der Waals surface area contributed by atoms with Gasteiger partial charge in [-0.15, -0.1) is 4.89 Å². The van der Waals surface area contributed by atoms with Gasteiger partial charge in [0.1, 0.15) is 0 Å². The highest BCUT2D eigenvalue weighted by Crippen LogP contribution is 2.53. The smallest absolute Gasteiger partial charge is 0.253 e. The summed E-state index contributed by atoms with van der Waals surface area (Å²) in [5.41, 5.74) is 0. The Bertz CT molecular complexity index is 202. The molecule has 0 saturated carbocycles. The maximum Gasteiger partial charge on any atom is 0.373 e. The van der Waals surface area contributed by atoms with Crippen LogP contribution in [0.15, 0.2) is 0 Å². The molecule has 0 aromatic heterocycles. The average molecular weight is 203 g/mol. The monoisotopic (exact) mass is 203 g/mol. The first-order valence-electron chi connectivity index (χ1n) is 5.03. The Kier molecular flexibility index (Phi) is 2.75. The van der Waals surface area contributed by atoms with E-state index in [4.69, 9.17) is 0 Å². The van der Waals surface area contributed by atoms with Gasteiger partial charge < -0.3 is 0 Å². The number of hydrogen-bond donors (Lipinski definition) is 0. The van der Waals surface area contributed by atoms with E-state index in [1.807, 2.05) is 0 Å². The lowest BCUT2D eigenvalue weighted by atomic mass is 10.4. The van der Waals surface area contributed by atoms with E-state index in [9.17, 15) is 9.46 Å². The summed E-state index contributed by atoms with van der Waals surface area (Å²) in [6.45, 7) is 2.93. The van der Waals surface area contributed by atoms with Gasteiger partial charge in [0.2, 0.25) is 0 Å². The van der Waals surface area contributed by atoms with Crippen molar-refractivity contribution in [2.75, 3.05) is 26.2 Å². The molecule has 2 saturated heterocycles. The van der Waals surface area contributed by atoms with E-state index in [2.05, 4.69) is 0 Å². The topological polar surface area (TPSA) is 43.5 Å². The Hall–Kier alpha value is 0.110. The third-order valence-electron chi connectivity index (χ3n) is 2.88. The Morgan fingerprint density at radius 2 is 1.08 bits per heavy atom. The van der Waals surface area contributed by atoms with Crippen LogP contribution < -0.4 is 0 Å². The van der Waals surface area contributed by atoms with Gasteiger partial charge in [0, 0.05) is 26.2 Å². The minimum Gasteiger partial charge on any atom is -0.253 e. The molecule has 2 aliphatic heterocycles. The largest absolute Gasteiger partial charge is 0.373 e. The molecule has 2 rings (SSSR count). The zero-order valence-corrected chi connectivity index (χ0v) is 8.71. The second kappa shape index (κ2) is 3.70. The van der Waals surface area contributed by atoms with E-state index in [-0.39, 0.29) is 0 Å². The molecule has 2 aliphatic rings. The molecule has 2 heterocycles. The van der Waals surface area contributed by atoms with Crippen LogP contribution in [0.5, 0.6) is 0 Å². The van der Waals surface area contributed by atoms with Crippen molar-refractivity contribution < 1.29 is 9.46 Å². The minimum absolute atomic E-state index is 0.733. The van der Waals surface area contributed by atoms with Crippen molar-refractivity contribution in [3.63, 3.8) is 0 Å². The van der Waals surface area contributed by atoms with Crippen molar-refractivity contribution in [1.29, 1.82) is 0 Å². The van der Waals surface area contributed by atoms with Crippen LogP contribution in [0, 0.1) is 0 Å². The maximum atomic E-state index is 11.9. The quantitative estimate of drug-likeness (QED) is 0.642. The van der Waals surface area contributed by atoms with E-state index in [0.717, 1.165) is 51.9 Å². The molecule has 0 aliphatic carbocycles. The van der Waals surface area contributed by atoms with Crippen molar-refractivity contribution in [2.24, 2.45) is 0 Å². The molecule has 0 aromatic carbocycles. The molecule has 5 heteroatoms. The second-order valence-electron chi connectivity index (χ2n) is 3.81. The number of nitrogens with zero attached hydrogens (tertiary/aromatic N) is 2. The number of rotatable bonds is 2. The van der Waals surface area contributed by atoms with Crippen LogP contribution in [0.2, 0.25) is 0 Å². The van der Waals surface area contributed by atoms with Gasteiger partial charge in [-0.05, 0) is 25.7 Å². The molecule has 75 valence electrons. The summed E-state index contributed by atoms with van der Waals surface area (Å²) in [5.74, 6) is 0. The van der Waals surface area contributed by atoms with Gasteiger partial charge >= 0.3 is 7.67 Å². The first-order valence-corrected chi connectivity index (χ1v) is 6.56. The van der Waals surface area contributed by atoms with Crippen LogP contribution in [0.3, 0.4) is 0 Å². The van der Waals surface area contributed by atoms with Crippen molar-refractivity contribution in [2.45, 2.75) is 25.7 Å². The fraction of sp³-hybridized carbons (Fsp3) is 1.00.